The molecule has 1 aromatic heterocycles. The lowest BCUT2D eigenvalue weighted by Crippen LogP contribution is -2.31. The molecule has 112 valence electrons. The van der Waals surface area contributed by atoms with Gasteiger partial charge in [-0.1, -0.05) is 0 Å². The molecule has 5 nitrogen and oxygen atoms in total. The zero-order valence-corrected chi connectivity index (χ0v) is 13.8. The largest absolute Gasteiger partial charge is 0.341 e. The van der Waals surface area contributed by atoms with E-state index in [1.165, 1.54) is 0 Å². The van der Waals surface area contributed by atoms with Gasteiger partial charge in [-0.3, -0.25) is 0 Å². The summed E-state index contributed by atoms with van der Waals surface area (Å²) < 4.78 is 10.6. The van der Waals surface area contributed by atoms with Crippen LogP contribution in [0.3, 0.4) is 0 Å². The molecule has 1 heterocycles. The minimum absolute atomic E-state index is 0.138. The van der Waals surface area contributed by atoms with Crippen molar-refractivity contribution in [3.8, 4) is 0 Å². The minimum atomic E-state index is 0.138. The van der Waals surface area contributed by atoms with E-state index >= 15 is 0 Å². The highest BCUT2D eigenvalue weighted by Crippen LogP contribution is 2.31. The van der Waals surface area contributed by atoms with Gasteiger partial charge in [-0.05, 0) is 37.5 Å². The number of hydrogen-bond acceptors (Lipinski definition) is 6. The maximum absolute atomic E-state index is 5.66. The standard InChI is InChI=1S/C13H22N3O2PS/c1-16(11-3-4-12(9-11)18-19-17-2)13-14-7-5-10(15-13)6-8-20/h5,7,11-12,19-20H,3-4,6,8-9H2,1-2H3. The number of aromatic nitrogens is 2. The molecule has 0 aromatic carbocycles. The van der Waals surface area contributed by atoms with Gasteiger partial charge in [0.2, 0.25) is 5.95 Å². The first-order valence-corrected chi connectivity index (χ1v) is 8.28. The molecule has 3 atom stereocenters. The van der Waals surface area contributed by atoms with Crippen LogP contribution in [-0.2, 0) is 15.5 Å². The maximum atomic E-state index is 5.66. The van der Waals surface area contributed by atoms with Gasteiger partial charge < -0.3 is 13.9 Å². The smallest absolute Gasteiger partial charge is 0.225 e. The van der Waals surface area contributed by atoms with E-state index in [9.17, 15) is 0 Å². The lowest BCUT2D eigenvalue weighted by atomic mass is 10.2. The summed E-state index contributed by atoms with van der Waals surface area (Å²) in [6, 6.07) is 2.39. The molecule has 1 aliphatic rings. The first-order chi connectivity index (χ1) is 9.74. The first kappa shape index (κ1) is 16.0. The Morgan fingerprint density at radius 1 is 1.50 bits per heavy atom. The number of hydrogen-bond donors (Lipinski definition) is 1. The van der Waals surface area contributed by atoms with Crippen LogP contribution in [0.4, 0.5) is 5.95 Å². The van der Waals surface area contributed by atoms with E-state index in [0.29, 0.717) is 12.1 Å². The van der Waals surface area contributed by atoms with Crippen LogP contribution in [0.2, 0.25) is 0 Å². The molecule has 0 bridgehead atoms. The molecule has 1 aliphatic carbocycles. The molecule has 1 aromatic rings. The lowest BCUT2D eigenvalue weighted by Gasteiger charge is -2.24. The van der Waals surface area contributed by atoms with Crippen LogP contribution in [-0.4, -0.2) is 42.0 Å². The fraction of sp³-hybridized carbons (Fsp3) is 0.692. The molecule has 0 aliphatic heterocycles. The average Bonchev–Trinajstić information content (AvgIpc) is 2.94. The summed E-state index contributed by atoms with van der Waals surface area (Å²) in [6.07, 6.45) is 6.18. The third-order valence-corrected chi connectivity index (χ3v) is 4.41. The van der Waals surface area contributed by atoms with E-state index in [2.05, 4.69) is 34.5 Å². The van der Waals surface area contributed by atoms with Gasteiger partial charge in [0, 0.05) is 32.1 Å². The predicted octanol–water partition coefficient (Wildman–Crippen LogP) is 2.48. The Bertz CT molecular complexity index is 424. The van der Waals surface area contributed by atoms with Crippen molar-refractivity contribution in [2.24, 2.45) is 0 Å². The lowest BCUT2D eigenvalue weighted by molar-refractivity contribution is 0.209. The van der Waals surface area contributed by atoms with Crippen molar-refractivity contribution in [1.82, 2.24) is 9.97 Å². The highest BCUT2D eigenvalue weighted by Gasteiger charge is 2.29. The molecule has 2 rings (SSSR count). The number of aryl methyl sites for hydroxylation is 1. The van der Waals surface area contributed by atoms with Crippen molar-refractivity contribution in [2.75, 3.05) is 24.8 Å². The Labute approximate surface area is 127 Å². The Kier molecular flexibility index (Phi) is 6.49. The molecule has 0 saturated heterocycles. The van der Waals surface area contributed by atoms with E-state index in [4.69, 9.17) is 9.05 Å². The number of anilines is 1. The quantitative estimate of drug-likeness (QED) is 0.619. The van der Waals surface area contributed by atoms with Gasteiger partial charge in [0.15, 0.2) is 9.03 Å². The van der Waals surface area contributed by atoms with Gasteiger partial charge in [-0.15, -0.1) is 0 Å². The van der Waals surface area contributed by atoms with Crippen molar-refractivity contribution < 1.29 is 9.05 Å². The molecule has 0 amide bonds. The zero-order chi connectivity index (χ0) is 14.4. The van der Waals surface area contributed by atoms with Crippen LogP contribution in [0, 0.1) is 0 Å². The second-order valence-corrected chi connectivity index (χ2v) is 6.18. The van der Waals surface area contributed by atoms with Crippen LogP contribution in [0.1, 0.15) is 25.0 Å². The third-order valence-electron chi connectivity index (χ3n) is 3.59. The summed E-state index contributed by atoms with van der Waals surface area (Å²) in [5.74, 6) is 1.60. The second-order valence-electron chi connectivity index (χ2n) is 4.93. The average molecular weight is 315 g/mol. The van der Waals surface area contributed by atoms with Gasteiger partial charge in [0.1, 0.15) is 0 Å². The number of rotatable bonds is 7. The summed E-state index contributed by atoms with van der Waals surface area (Å²) >= 11 is 4.25. The number of thiol groups is 1. The normalized spacial score (nSPS) is 22.8. The van der Waals surface area contributed by atoms with Gasteiger partial charge in [-0.2, -0.15) is 12.6 Å². The van der Waals surface area contributed by atoms with Crippen molar-refractivity contribution in [3.05, 3.63) is 18.0 Å². The summed E-state index contributed by atoms with van der Waals surface area (Å²) in [5, 5.41) is 0. The summed E-state index contributed by atoms with van der Waals surface area (Å²) in [4.78, 5) is 11.1. The Hall–Kier alpha value is -0.420. The molecule has 1 fully saturated rings. The van der Waals surface area contributed by atoms with Crippen LogP contribution in [0.15, 0.2) is 12.3 Å². The monoisotopic (exact) mass is 315 g/mol. The minimum Gasteiger partial charge on any atom is -0.341 e. The predicted molar refractivity (Wildman–Crippen MR) is 85.8 cm³/mol. The summed E-state index contributed by atoms with van der Waals surface area (Å²) in [6.45, 7) is 0. The molecule has 20 heavy (non-hydrogen) atoms. The van der Waals surface area contributed by atoms with E-state index in [1.807, 2.05) is 12.3 Å². The van der Waals surface area contributed by atoms with E-state index < -0.39 is 0 Å². The van der Waals surface area contributed by atoms with E-state index in [-0.39, 0.29) is 9.03 Å². The topological polar surface area (TPSA) is 47.5 Å². The summed E-state index contributed by atoms with van der Waals surface area (Å²) in [5.41, 5.74) is 1.04. The zero-order valence-electron chi connectivity index (χ0n) is 12.0. The Morgan fingerprint density at radius 2 is 2.35 bits per heavy atom. The van der Waals surface area contributed by atoms with Crippen LogP contribution < -0.4 is 4.90 Å². The molecular formula is C13H22N3O2PS. The molecular weight excluding hydrogens is 293 g/mol. The highest BCUT2D eigenvalue weighted by atomic mass is 32.1. The van der Waals surface area contributed by atoms with Gasteiger partial charge in [-0.25, -0.2) is 9.97 Å². The third kappa shape index (κ3) is 4.29. The molecule has 0 spiro atoms. The van der Waals surface area contributed by atoms with E-state index in [0.717, 1.165) is 43.1 Å². The van der Waals surface area contributed by atoms with Crippen molar-refractivity contribution in [2.45, 2.75) is 37.8 Å². The van der Waals surface area contributed by atoms with Crippen LogP contribution >= 0.6 is 21.7 Å². The maximum Gasteiger partial charge on any atom is 0.225 e. The summed E-state index contributed by atoms with van der Waals surface area (Å²) in [7, 11) is 3.86. The first-order valence-electron chi connectivity index (χ1n) is 6.84. The Balaban J connectivity index is 1.94. The van der Waals surface area contributed by atoms with Gasteiger partial charge in [0.25, 0.3) is 0 Å². The molecule has 1 saturated carbocycles. The molecule has 0 N–H and O–H groups in total. The van der Waals surface area contributed by atoms with Crippen molar-refractivity contribution in [1.29, 1.82) is 0 Å². The van der Waals surface area contributed by atoms with Crippen LogP contribution in [0.25, 0.3) is 0 Å². The van der Waals surface area contributed by atoms with Gasteiger partial charge in [0.05, 0.1) is 6.10 Å². The second kappa shape index (κ2) is 8.13. The fourth-order valence-corrected chi connectivity index (χ4v) is 3.14. The van der Waals surface area contributed by atoms with Crippen LogP contribution in [0.5, 0.6) is 0 Å². The SMILES string of the molecule is COPOC1CCC(N(C)c2nccc(CCS)n2)C1. The molecule has 7 heteroatoms. The highest BCUT2D eigenvalue weighted by molar-refractivity contribution is 7.80. The fourth-order valence-electron chi connectivity index (χ4n) is 2.46. The van der Waals surface area contributed by atoms with E-state index in [1.54, 1.807) is 7.11 Å². The van der Waals surface area contributed by atoms with Crippen molar-refractivity contribution >= 4 is 27.6 Å². The molecule has 0 radical (unpaired) electrons. The Morgan fingerprint density at radius 3 is 3.10 bits per heavy atom. The van der Waals surface area contributed by atoms with Crippen molar-refractivity contribution in [3.63, 3.8) is 0 Å². The number of nitrogens with zero attached hydrogens (tertiary/aromatic N) is 3. The van der Waals surface area contributed by atoms with Gasteiger partial charge >= 0.3 is 0 Å². The molecule has 3 unspecified atom stereocenters.